The Hall–Kier alpha value is -0.0800. The molecule has 1 N–H and O–H groups in total. The van der Waals surface area contributed by atoms with E-state index in [1.54, 1.807) is 0 Å². The summed E-state index contributed by atoms with van der Waals surface area (Å²) in [5, 5.41) is 9.41. The number of nitrogens with zero attached hydrogens (tertiary/aromatic N) is 1. The monoisotopic (exact) mass is 183 g/mol. The molecule has 0 spiro atoms. The van der Waals surface area contributed by atoms with E-state index in [4.69, 9.17) is 0 Å². The smallest absolute Gasteiger partial charge is 0.0476 e. The quantitative estimate of drug-likeness (QED) is 0.716. The molecule has 76 valence electrons. The van der Waals surface area contributed by atoms with Crippen LogP contribution in [0.5, 0.6) is 0 Å². The predicted molar refractivity (Wildman–Crippen MR) is 53.6 cm³/mol. The van der Waals surface area contributed by atoms with Crippen molar-refractivity contribution in [2.24, 2.45) is 11.8 Å². The molecule has 2 fully saturated rings. The van der Waals surface area contributed by atoms with Gasteiger partial charge in [0.2, 0.25) is 0 Å². The lowest BCUT2D eigenvalue weighted by atomic mass is 9.80. The Labute approximate surface area is 80.9 Å². The maximum atomic E-state index is 9.41. The van der Waals surface area contributed by atoms with E-state index in [0.717, 1.165) is 5.92 Å². The Balaban J connectivity index is 1.91. The summed E-state index contributed by atoms with van der Waals surface area (Å²) < 4.78 is 0. The first-order valence-corrected chi connectivity index (χ1v) is 5.64. The summed E-state index contributed by atoms with van der Waals surface area (Å²) in [4.78, 5) is 2.40. The molecular weight excluding hydrogens is 162 g/mol. The molecule has 1 saturated heterocycles. The normalized spacial score (nSPS) is 33.2. The highest BCUT2D eigenvalue weighted by molar-refractivity contribution is 4.90. The summed E-state index contributed by atoms with van der Waals surface area (Å²) in [5.74, 6) is 1.39. The van der Waals surface area contributed by atoms with Crippen molar-refractivity contribution in [3.05, 3.63) is 0 Å². The molecule has 0 aromatic heterocycles. The fourth-order valence-corrected chi connectivity index (χ4v) is 3.05. The fraction of sp³-hybridized carbons (Fsp3) is 1.00. The molecular formula is C11H21NO. The van der Waals surface area contributed by atoms with Crippen LogP contribution in [0.3, 0.4) is 0 Å². The molecule has 2 heteroatoms. The molecule has 1 aliphatic heterocycles. The molecule has 2 rings (SSSR count). The van der Waals surface area contributed by atoms with E-state index in [1.807, 2.05) is 0 Å². The van der Waals surface area contributed by atoms with Gasteiger partial charge in [0, 0.05) is 18.6 Å². The average Bonchev–Trinajstić information content (AvgIpc) is 2.63. The number of hydrogen-bond donors (Lipinski definition) is 1. The summed E-state index contributed by atoms with van der Waals surface area (Å²) in [6, 6.07) is 0.688. The SMILES string of the molecule is CN1CCC1C(CO)C1CCCC1. The van der Waals surface area contributed by atoms with Crippen LogP contribution < -0.4 is 0 Å². The van der Waals surface area contributed by atoms with Gasteiger partial charge in [0.1, 0.15) is 0 Å². The van der Waals surface area contributed by atoms with Crippen LogP contribution in [0.1, 0.15) is 32.1 Å². The number of likely N-dealkylation sites (tertiary alicyclic amines) is 1. The molecule has 1 saturated carbocycles. The lowest BCUT2D eigenvalue weighted by Gasteiger charge is -2.44. The van der Waals surface area contributed by atoms with E-state index in [9.17, 15) is 5.11 Å². The standard InChI is InChI=1S/C11H21NO/c1-12-7-6-11(12)10(8-13)9-4-2-3-5-9/h9-11,13H,2-8H2,1H3. The second-order valence-electron chi connectivity index (χ2n) is 4.73. The molecule has 2 atom stereocenters. The van der Waals surface area contributed by atoms with Crippen molar-refractivity contribution in [1.29, 1.82) is 0 Å². The molecule has 1 heterocycles. The topological polar surface area (TPSA) is 23.5 Å². The van der Waals surface area contributed by atoms with E-state index in [2.05, 4.69) is 11.9 Å². The van der Waals surface area contributed by atoms with E-state index in [-0.39, 0.29) is 0 Å². The molecule has 13 heavy (non-hydrogen) atoms. The Bertz CT molecular complexity index is 163. The van der Waals surface area contributed by atoms with Crippen LogP contribution in [0.25, 0.3) is 0 Å². The van der Waals surface area contributed by atoms with Crippen molar-refractivity contribution in [3.63, 3.8) is 0 Å². The van der Waals surface area contributed by atoms with Gasteiger partial charge in [-0.2, -0.15) is 0 Å². The van der Waals surface area contributed by atoms with Crippen LogP contribution in [-0.2, 0) is 0 Å². The Kier molecular flexibility index (Phi) is 2.89. The molecule has 0 amide bonds. The van der Waals surface area contributed by atoms with Gasteiger partial charge in [-0.25, -0.2) is 0 Å². The first-order valence-electron chi connectivity index (χ1n) is 5.64. The number of aliphatic hydroxyl groups is 1. The van der Waals surface area contributed by atoms with Crippen LogP contribution in [-0.4, -0.2) is 36.2 Å². The minimum atomic E-state index is 0.402. The van der Waals surface area contributed by atoms with Gasteiger partial charge in [-0.3, -0.25) is 0 Å². The van der Waals surface area contributed by atoms with E-state index in [0.29, 0.717) is 18.6 Å². The summed E-state index contributed by atoms with van der Waals surface area (Å²) in [6.07, 6.45) is 6.79. The number of rotatable bonds is 3. The zero-order chi connectivity index (χ0) is 9.26. The highest BCUT2D eigenvalue weighted by Gasteiger charge is 2.37. The zero-order valence-corrected chi connectivity index (χ0v) is 8.58. The molecule has 2 nitrogen and oxygen atoms in total. The van der Waals surface area contributed by atoms with Crippen molar-refractivity contribution in [2.45, 2.75) is 38.1 Å². The third kappa shape index (κ3) is 1.75. The maximum Gasteiger partial charge on any atom is 0.0476 e. The molecule has 0 radical (unpaired) electrons. The second kappa shape index (κ2) is 3.97. The lowest BCUT2D eigenvalue weighted by Crippen LogP contribution is -2.52. The number of hydrogen-bond acceptors (Lipinski definition) is 2. The summed E-state index contributed by atoms with van der Waals surface area (Å²) in [6.45, 7) is 1.63. The van der Waals surface area contributed by atoms with Crippen molar-refractivity contribution in [1.82, 2.24) is 4.90 Å². The van der Waals surface area contributed by atoms with Crippen molar-refractivity contribution in [3.8, 4) is 0 Å². The zero-order valence-electron chi connectivity index (χ0n) is 8.58. The molecule has 1 aliphatic carbocycles. The largest absolute Gasteiger partial charge is 0.396 e. The minimum absolute atomic E-state index is 0.402. The fourth-order valence-electron chi connectivity index (χ4n) is 3.05. The molecule has 0 bridgehead atoms. The van der Waals surface area contributed by atoms with Gasteiger partial charge >= 0.3 is 0 Å². The molecule has 2 unspecified atom stereocenters. The predicted octanol–water partition coefficient (Wildman–Crippen LogP) is 1.49. The third-order valence-corrected chi connectivity index (χ3v) is 4.05. The van der Waals surface area contributed by atoms with Crippen LogP contribution in [0.4, 0.5) is 0 Å². The highest BCUT2D eigenvalue weighted by Crippen LogP contribution is 2.37. The second-order valence-corrected chi connectivity index (χ2v) is 4.73. The summed E-state index contributed by atoms with van der Waals surface area (Å²) >= 11 is 0. The first-order chi connectivity index (χ1) is 6.33. The number of aliphatic hydroxyl groups excluding tert-OH is 1. The average molecular weight is 183 g/mol. The highest BCUT2D eigenvalue weighted by atomic mass is 16.3. The maximum absolute atomic E-state index is 9.41. The van der Waals surface area contributed by atoms with Crippen molar-refractivity contribution >= 4 is 0 Å². The minimum Gasteiger partial charge on any atom is -0.396 e. The Morgan fingerprint density at radius 2 is 2.00 bits per heavy atom. The van der Waals surface area contributed by atoms with Crippen LogP contribution in [0.2, 0.25) is 0 Å². The summed E-state index contributed by atoms with van der Waals surface area (Å²) in [5.41, 5.74) is 0. The molecule has 0 aromatic carbocycles. The Morgan fingerprint density at radius 1 is 1.31 bits per heavy atom. The Morgan fingerprint density at radius 3 is 2.38 bits per heavy atom. The van der Waals surface area contributed by atoms with Gasteiger partial charge in [-0.1, -0.05) is 25.7 Å². The van der Waals surface area contributed by atoms with Gasteiger partial charge in [-0.15, -0.1) is 0 Å². The van der Waals surface area contributed by atoms with Gasteiger partial charge in [0.15, 0.2) is 0 Å². The third-order valence-electron chi connectivity index (χ3n) is 4.05. The van der Waals surface area contributed by atoms with Gasteiger partial charge in [0.05, 0.1) is 0 Å². The van der Waals surface area contributed by atoms with Crippen LogP contribution in [0, 0.1) is 11.8 Å². The van der Waals surface area contributed by atoms with Crippen LogP contribution in [0.15, 0.2) is 0 Å². The van der Waals surface area contributed by atoms with Gasteiger partial charge in [-0.05, 0) is 25.9 Å². The van der Waals surface area contributed by atoms with E-state index < -0.39 is 0 Å². The summed E-state index contributed by atoms with van der Waals surface area (Å²) in [7, 11) is 2.19. The molecule has 2 aliphatic rings. The van der Waals surface area contributed by atoms with Crippen LogP contribution >= 0.6 is 0 Å². The van der Waals surface area contributed by atoms with Crippen molar-refractivity contribution < 1.29 is 5.11 Å². The first kappa shape index (κ1) is 9.47. The molecule has 0 aromatic rings. The van der Waals surface area contributed by atoms with Crippen molar-refractivity contribution in [2.75, 3.05) is 20.2 Å². The van der Waals surface area contributed by atoms with Gasteiger partial charge < -0.3 is 10.0 Å². The van der Waals surface area contributed by atoms with Gasteiger partial charge in [0.25, 0.3) is 0 Å². The van der Waals surface area contributed by atoms with E-state index >= 15 is 0 Å². The van der Waals surface area contributed by atoms with E-state index in [1.165, 1.54) is 38.6 Å². The lowest BCUT2D eigenvalue weighted by molar-refractivity contribution is 0.0153.